The molecular formula is C25H32N2O4. The van der Waals surface area contributed by atoms with Crippen LogP contribution in [0.25, 0.3) is 5.57 Å². The van der Waals surface area contributed by atoms with Crippen LogP contribution in [0.3, 0.4) is 0 Å². The van der Waals surface area contributed by atoms with Gasteiger partial charge in [0, 0.05) is 5.56 Å². The zero-order valence-corrected chi connectivity index (χ0v) is 19.1. The molecule has 0 N–H and O–H groups in total. The number of ether oxygens (including phenoxy) is 1. The number of nitrogens with zero attached hydrogens (tertiary/aromatic N) is 2. The van der Waals surface area contributed by atoms with Gasteiger partial charge in [0.2, 0.25) is 11.8 Å². The molecule has 1 aromatic rings. The van der Waals surface area contributed by atoms with Gasteiger partial charge in [0.15, 0.2) is 0 Å². The molecule has 0 unspecified atom stereocenters. The Morgan fingerprint density at radius 3 is 2.35 bits per heavy atom. The Hall–Kier alpha value is -2.63. The van der Waals surface area contributed by atoms with E-state index >= 15 is 0 Å². The lowest BCUT2D eigenvalue weighted by molar-refractivity contribution is -0.146. The molecule has 1 saturated carbocycles. The summed E-state index contributed by atoms with van der Waals surface area (Å²) in [5, 5.41) is 0. The zero-order chi connectivity index (χ0) is 22.5. The van der Waals surface area contributed by atoms with Crippen LogP contribution < -0.4 is 9.64 Å². The van der Waals surface area contributed by atoms with Crippen molar-refractivity contribution in [1.29, 1.82) is 0 Å². The van der Waals surface area contributed by atoms with Crippen molar-refractivity contribution in [3.05, 3.63) is 29.8 Å². The van der Waals surface area contributed by atoms with Gasteiger partial charge < -0.3 is 9.64 Å². The second-order valence-corrected chi connectivity index (χ2v) is 9.49. The second-order valence-electron chi connectivity index (χ2n) is 9.49. The number of benzene rings is 1. The van der Waals surface area contributed by atoms with Crippen molar-refractivity contribution in [2.45, 2.75) is 71.9 Å². The minimum absolute atomic E-state index is 0.177. The number of hydrogen-bond acceptors (Lipinski definition) is 4. The predicted molar refractivity (Wildman–Crippen MR) is 120 cm³/mol. The lowest BCUT2D eigenvalue weighted by Gasteiger charge is -2.43. The van der Waals surface area contributed by atoms with E-state index in [1.165, 1.54) is 4.90 Å². The Balaban J connectivity index is 1.69. The van der Waals surface area contributed by atoms with E-state index in [-0.39, 0.29) is 29.6 Å². The van der Waals surface area contributed by atoms with Crippen molar-refractivity contribution in [3.8, 4) is 5.75 Å². The molecule has 3 aliphatic rings. The maximum atomic E-state index is 13.8. The predicted octanol–water partition coefficient (Wildman–Crippen LogP) is 4.18. The fourth-order valence-corrected chi connectivity index (χ4v) is 5.53. The summed E-state index contributed by atoms with van der Waals surface area (Å²) in [4.78, 5) is 42.9. The first-order valence-electron chi connectivity index (χ1n) is 11.3. The van der Waals surface area contributed by atoms with Gasteiger partial charge in [-0.3, -0.25) is 19.3 Å². The van der Waals surface area contributed by atoms with E-state index in [1.54, 1.807) is 11.8 Å². The monoisotopic (exact) mass is 424 g/mol. The molecule has 3 atom stereocenters. The molecule has 3 amide bonds. The number of hydrogen-bond donors (Lipinski definition) is 0. The highest BCUT2D eigenvalue weighted by molar-refractivity contribution is 6.11. The number of rotatable bonds is 4. The maximum absolute atomic E-state index is 13.8. The number of likely N-dealkylation sites (tertiary alicyclic amines) is 1. The second kappa shape index (κ2) is 7.81. The van der Waals surface area contributed by atoms with Crippen LogP contribution in [0, 0.1) is 11.8 Å². The largest absolute Gasteiger partial charge is 0.494 e. The van der Waals surface area contributed by atoms with Crippen molar-refractivity contribution in [3.63, 3.8) is 0 Å². The average Bonchev–Trinajstić information content (AvgIpc) is 2.98. The summed E-state index contributed by atoms with van der Waals surface area (Å²) in [5.74, 6) is -0.348. The Labute approximate surface area is 184 Å². The molecule has 2 fully saturated rings. The average molecular weight is 425 g/mol. The van der Waals surface area contributed by atoms with E-state index in [4.69, 9.17) is 4.74 Å². The van der Waals surface area contributed by atoms with Crippen LogP contribution in [0.1, 0.15) is 65.9 Å². The highest BCUT2D eigenvalue weighted by Crippen LogP contribution is 2.43. The standard InChI is InChI=1S/C25H32N2O4/c1-6-31-17-11-12-21-20(13-17)15(2)14-25(4,5)27(21)22(28)16(3)26-23(29)18-9-7-8-10-19(18)24(26)30/h11-14,16,18-19H,6-10H2,1-5H3/t16-,18+,19+/m0/s1. The minimum Gasteiger partial charge on any atom is -0.494 e. The molecule has 0 spiro atoms. The number of anilines is 1. The molecule has 1 aromatic carbocycles. The summed E-state index contributed by atoms with van der Waals surface area (Å²) in [6.45, 7) is 10.2. The van der Waals surface area contributed by atoms with E-state index in [0.29, 0.717) is 6.61 Å². The molecule has 1 saturated heterocycles. The SMILES string of the molecule is CCOc1ccc2c(c1)C(C)=CC(C)(C)N2C(=O)[C@H](C)N1C(=O)[C@@H]2CCCC[C@H]2C1=O. The number of carbonyl (C=O) groups excluding carboxylic acids is 3. The minimum atomic E-state index is -0.837. The third-order valence-corrected chi connectivity index (χ3v) is 6.93. The van der Waals surface area contributed by atoms with E-state index in [0.717, 1.165) is 48.3 Å². The van der Waals surface area contributed by atoms with Crippen molar-refractivity contribution in [2.24, 2.45) is 11.8 Å². The number of allylic oxidation sites excluding steroid dienone is 1. The summed E-state index contributed by atoms with van der Waals surface area (Å²) in [5.41, 5.74) is 2.19. The van der Waals surface area contributed by atoms with Crippen molar-refractivity contribution < 1.29 is 19.1 Å². The van der Waals surface area contributed by atoms with Gasteiger partial charge in [-0.15, -0.1) is 0 Å². The van der Waals surface area contributed by atoms with Crippen LogP contribution in [0.4, 0.5) is 5.69 Å². The molecule has 4 rings (SSSR count). The molecule has 0 bridgehead atoms. The first-order chi connectivity index (χ1) is 14.7. The van der Waals surface area contributed by atoms with Crippen molar-refractivity contribution in [2.75, 3.05) is 11.5 Å². The highest BCUT2D eigenvalue weighted by atomic mass is 16.5. The molecule has 6 heteroatoms. The lowest BCUT2D eigenvalue weighted by Crippen LogP contribution is -2.57. The van der Waals surface area contributed by atoms with Crippen LogP contribution in [-0.4, -0.2) is 40.8 Å². The van der Waals surface area contributed by atoms with Crippen LogP contribution in [-0.2, 0) is 14.4 Å². The normalized spacial score (nSPS) is 25.6. The summed E-state index contributed by atoms with van der Waals surface area (Å²) in [6.07, 6.45) is 5.48. The molecule has 2 aliphatic heterocycles. The third kappa shape index (κ3) is 3.46. The van der Waals surface area contributed by atoms with Gasteiger partial charge in [0.1, 0.15) is 11.8 Å². The first-order valence-corrected chi connectivity index (χ1v) is 11.3. The molecule has 6 nitrogen and oxygen atoms in total. The van der Waals surface area contributed by atoms with E-state index < -0.39 is 11.6 Å². The first kappa shape index (κ1) is 21.6. The van der Waals surface area contributed by atoms with Crippen LogP contribution in [0.5, 0.6) is 5.75 Å². The van der Waals surface area contributed by atoms with E-state index in [2.05, 4.69) is 6.08 Å². The van der Waals surface area contributed by atoms with Gasteiger partial charge in [-0.05, 0) is 71.2 Å². The van der Waals surface area contributed by atoms with Gasteiger partial charge in [0.05, 0.1) is 29.7 Å². The van der Waals surface area contributed by atoms with E-state index in [1.807, 2.05) is 45.9 Å². The molecule has 0 aromatic heterocycles. The Bertz CT molecular complexity index is 940. The van der Waals surface area contributed by atoms with E-state index in [9.17, 15) is 14.4 Å². The van der Waals surface area contributed by atoms with Gasteiger partial charge in [-0.25, -0.2) is 0 Å². The molecule has 0 radical (unpaired) electrons. The molecule has 166 valence electrons. The quantitative estimate of drug-likeness (QED) is 0.680. The number of fused-ring (bicyclic) bond motifs is 2. The van der Waals surface area contributed by atoms with Gasteiger partial charge in [0.25, 0.3) is 5.91 Å². The van der Waals surface area contributed by atoms with Gasteiger partial charge >= 0.3 is 0 Å². The summed E-state index contributed by atoms with van der Waals surface area (Å²) < 4.78 is 5.65. The van der Waals surface area contributed by atoms with Crippen LogP contribution >= 0.6 is 0 Å². The van der Waals surface area contributed by atoms with Crippen molar-refractivity contribution in [1.82, 2.24) is 4.90 Å². The van der Waals surface area contributed by atoms with Gasteiger partial charge in [-0.1, -0.05) is 18.9 Å². The van der Waals surface area contributed by atoms with Crippen molar-refractivity contribution >= 4 is 29.0 Å². The summed E-state index contributed by atoms with van der Waals surface area (Å²) in [7, 11) is 0. The van der Waals surface area contributed by atoms with Gasteiger partial charge in [-0.2, -0.15) is 0 Å². The summed E-state index contributed by atoms with van der Waals surface area (Å²) in [6, 6.07) is 4.88. The number of amides is 3. The Morgan fingerprint density at radius 1 is 1.16 bits per heavy atom. The fourth-order valence-electron chi connectivity index (χ4n) is 5.53. The molecule has 2 heterocycles. The lowest BCUT2D eigenvalue weighted by atomic mass is 9.81. The van der Waals surface area contributed by atoms with Crippen LogP contribution in [0.15, 0.2) is 24.3 Å². The topological polar surface area (TPSA) is 66.9 Å². The molecule has 1 aliphatic carbocycles. The highest BCUT2D eigenvalue weighted by Gasteiger charge is 2.52. The molecule has 31 heavy (non-hydrogen) atoms. The number of carbonyl (C=O) groups is 3. The Morgan fingerprint density at radius 2 is 1.77 bits per heavy atom. The molecular weight excluding hydrogens is 392 g/mol. The van der Waals surface area contributed by atoms with Crippen LogP contribution in [0.2, 0.25) is 0 Å². The Kier molecular flexibility index (Phi) is 5.44. The zero-order valence-electron chi connectivity index (χ0n) is 19.1. The fraction of sp³-hybridized carbons (Fsp3) is 0.560. The third-order valence-electron chi connectivity index (χ3n) is 6.93. The smallest absolute Gasteiger partial charge is 0.250 e. The maximum Gasteiger partial charge on any atom is 0.250 e. The number of imide groups is 1. The summed E-state index contributed by atoms with van der Waals surface area (Å²) >= 11 is 0.